The number of benzene rings is 1. The van der Waals surface area contributed by atoms with Gasteiger partial charge in [0.05, 0.1) is 4.62 Å². The summed E-state index contributed by atoms with van der Waals surface area (Å²) < 4.78 is 13.8. The lowest BCUT2D eigenvalue weighted by Gasteiger charge is -2.11. The summed E-state index contributed by atoms with van der Waals surface area (Å²) in [5.41, 5.74) is 1.16. The van der Waals surface area contributed by atoms with Crippen molar-refractivity contribution in [2.45, 2.75) is 6.92 Å². The van der Waals surface area contributed by atoms with E-state index in [4.69, 9.17) is 0 Å². The van der Waals surface area contributed by atoms with Crippen molar-refractivity contribution < 1.29 is 4.57 Å². The van der Waals surface area contributed by atoms with Crippen LogP contribution in [0, 0.1) is 0 Å². The van der Waals surface area contributed by atoms with E-state index < -0.39 is 7.14 Å². The van der Waals surface area contributed by atoms with Gasteiger partial charge in [-0.2, -0.15) is 0 Å². The second-order valence-corrected chi connectivity index (χ2v) is 8.66. The molecule has 2 rings (SSSR count). The molecule has 94 valence electrons. The third-order valence-corrected chi connectivity index (χ3v) is 7.69. The van der Waals surface area contributed by atoms with Gasteiger partial charge in [-0.15, -0.1) is 11.3 Å². The quantitative estimate of drug-likeness (QED) is 0.736. The molecule has 0 spiro atoms. The number of allylic oxidation sites excluding steroid dienone is 1. The molecule has 1 aromatic carbocycles. The molecule has 1 atom stereocenters. The van der Waals surface area contributed by atoms with Gasteiger partial charge in [-0.05, 0) is 17.0 Å². The summed E-state index contributed by atoms with van der Waals surface area (Å²) >= 11 is 1.60. The first kappa shape index (κ1) is 13.3. The zero-order valence-corrected chi connectivity index (χ0v) is 12.2. The molecular weight excluding hydrogens is 259 g/mol. The van der Waals surface area contributed by atoms with Crippen LogP contribution in [0.1, 0.15) is 12.5 Å². The van der Waals surface area contributed by atoms with Crippen molar-refractivity contribution in [3.8, 4) is 0 Å². The van der Waals surface area contributed by atoms with Gasteiger partial charge in [-0.1, -0.05) is 55.5 Å². The highest BCUT2D eigenvalue weighted by Crippen LogP contribution is 2.45. The Morgan fingerprint density at radius 2 is 1.94 bits per heavy atom. The Hall–Kier alpha value is -1.11. The van der Waals surface area contributed by atoms with Gasteiger partial charge in [0.2, 0.25) is 0 Å². The number of hydrogen-bond donors (Lipinski definition) is 0. The monoisotopic (exact) mass is 276 g/mol. The maximum absolute atomic E-state index is 12.8. The zero-order chi connectivity index (χ0) is 12.8. The van der Waals surface area contributed by atoms with Crippen LogP contribution in [-0.4, -0.2) is 12.3 Å². The van der Waals surface area contributed by atoms with Crippen LogP contribution >= 0.6 is 18.5 Å². The van der Waals surface area contributed by atoms with Crippen LogP contribution in [0.25, 0.3) is 6.08 Å². The van der Waals surface area contributed by atoms with Gasteiger partial charge < -0.3 is 4.57 Å². The summed E-state index contributed by atoms with van der Waals surface area (Å²) in [6.07, 6.45) is 5.47. The van der Waals surface area contributed by atoms with Crippen LogP contribution < -0.4 is 4.62 Å². The molecule has 0 saturated heterocycles. The lowest BCUT2D eigenvalue weighted by molar-refractivity contribution is 0.584. The molecule has 1 heterocycles. The zero-order valence-electron chi connectivity index (χ0n) is 10.5. The lowest BCUT2D eigenvalue weighted by Crippen LogP contribution is -2.03. The predicted octanol–water partition coefficient (Wildman–Crippen LogP) is 4.47. The SMILES string of the molecule is CC[P@@](=O)(C/C=C/c1ccccc1)c1cccs1. The minimum atomic E-state index is -2.21. The van der Waals surface area contributed by atoms with Gasteiger partial charge in [0, 0.05) is 12.3 Å². The maximum atomic E-state index is 12.8. The highest BCUT2D eigenvalue weighted by Gasteiger charge is 2.21. The topological polar surface area (TPSA) is 17.1 Å². The van der Waals surface area contributed by atoms with Crippen LogP contribution in [0.3, 0.4) is 0 Å². The first-order chi connectivity index (χ1) is 8.74. The van der Waals surface area contributed by atoms with E-state index >= 15 is 0 Å². The Bertz CT molecular complexity index is 543. The fourth-order valence-electron chi connectivity index (χ4n) is 1.80. The average molecular weight is 276 g/mol. The van der Waals surface area contributed by atoms with Gasteiger partial charge >= 0.3 is 0 Å². The number of rotatable bonds is 5. The Balaban J connectivity index is 2.09. The standard InChI is InChI=1S/C15H17OPS/c1-2-17(16,15-11-7-13-18-15)12-6-10-14-8-4-3-5-9-14/h3-11,13H,2,12H2,1H3/b10-6+/t17-/m1/s1. The molecule has 1 nitrogen and oxygen atoms in total. The van der Waals surface area contributed by atoms with Crippen molar-refractivity contribution in [1.29, 1.82) is 0 Å². The van der Waals surface area contributed by atoms with Crippen molar-refractivity contribution in [3.05, 3.63) is 59.5 Å². The van der Waals surface area contributed by atoms with E-state index in [0.717, 1.165) is 16.3 Å². The largest absolute Gasteiger partial charge is 0.317 e. The predicted molar refractivity (Wildman–Crippen MR) is 82.4 cm³/mol. The first-order valence-electron chi connectivity index (χ1n) is 6.08. The van der Waals surface area contributed by atoms with Crippen LogP contribution in [0.15, 0.2) is 53.9 Å². The molecule has 3 heteroatoms. The van der Waals surface area contributed by atoms with Crippen molar-refractivity contribution in [1.82, 2.24) is 0 Å². The molecule has 0 aliphatic heterocycles. The normalized spacial score (nSPS) is 14.7. The Kier molecular flexibility index (Phi) is 4.57. The summed E-state index contributed by atoms with van der Waals surface area (Å²) in [5, 5.41) is 2.00. The van der Waals surface area contributed by atoms with E-state index in [9.17, 15) is 4.57 Å². The van der Waals surface area contributed by atoms with E-state index in [0.29, 0.717) is 6.16 Å². The van der Waals surface area contributed by atoms with Gasteiger partial charge in [0.1, 0.15) is 7.14 Å². The third-order valence-electron chi connectivity index (χ3n) is 2.93. The third kappa shape index (κ3) is 3.22. The summed E-state index contributed by atoms with van der Waals surface area (Å²) in [4.78, 5) is 0. The first-order valence-corrected chi connectivity index (χ1v) is 9.04. The molecule has 0 N–H and O–H groups in total. The van der Waals surface area contributed by atoms with Gasteiger partial charge in [-0.25, -0.2) is 0 Å². The minimum Gasteiger partial charge on any atom is -0.317 e. The van der Waals surface area contributed by atoms with Crippen molar-refractivity contribution >= 4 is 29.2 Å². The van der Waals surface area contributed by atoms with E-state index in [1.165, 1.54) is 0 Å². The number of thiophene rings is 1. The van der Waals surface area contributed by atoms with Crippen molar-refractivity contribution in [2.24, 2.45) is 0 Å². The summed E-state index contributed by atoms with van der Waals surface area (Å²) in [6.45, 7) is 2.01. The van der Waals surface area contributed by atoms with Gasteiger partial charge in [-0.3, -0.25) is 0 Å². The van der Waals surface area contributed by atoms with E-state index in [1.807, 2.05) is 48.7 Å². The molecule has 0 saturated carbocycles. The molecule has 18 heavy (non-hydrogen) atoms. The smallest absolute Gasteiger partial charge is 0.128 e. The highest BCUT2D eigenvalue weighted by atomic mass is 32.1. The Morgan fingerprint density at radius 3 is 2.56 bits per heavy atom. The van der Waals surface area contributed by atoms with Gasteiger partial charge in [0.15, 0.2) is 0 Å². The second kappa shape index (κ2) is 6.17. The fourth-order valence-corrected chi connectivity index (χ4v) is 5.37. The van der Waals surface area contributed by atoms with E-state index in [2.05, 4.69) is 18.2 Å². The lowest BCUT2D eigenvalue weighted by atomic mass is 10.2. The molecule has 0 amide bonds. The Labute approximate surface area is 113 Å². The van der Waals surface area contributed by atoms with Crippen molar-refractivity contribution in [3.63, 3.8) is 0 Å². The minimum absolute atomic E-state index is 0.652. The van der Waals surface area contributed by atoms with Crippen LogP contribution in [-0.2, 0) is 4.57 Å². The molecule has 0 bridgehead atoms. The Morgan fingerprint density at radius 1 is 1.17 bits per heavy atom. The summed E-state index contributed by atoms with van der Waals surface area (Å²) in [6, 6.07) is 14.1. The van der Waals surface area contributed by atoms with Crippen LogP contribution in [0.2, 0.25) is 0 Å². The van der Waals surface area contributed by atoms with Crippen LogP contribution in [0.5, 0.6) is 0 Å². The van der Waals surface area contributed by atoms with Crippen molar-refractivity contribution in [2.75, 3.05) is 12.3 Å². The van der Waals surface area contributed by atoms with E-state index in [1.54, 1.807) is 11.3 Å². The summed E-state index contributed by atoms with van der Waals surface area (Å²) in [5.74, 6) is 0. The average Bonchev–Trinajstić information content (AvgIpc) is 2.94. The molecule has 0 radical (unpaired) electrons. The van der Waals surface area contributed by atoms with Crippen LogP contribution in [0.4, 0.5) is 0 Å². The highest BCUT2D eigenvalue weighted by molar-refractivity contribution is 7.76. The molecule has 2 aromatic rings. The summed E-state index contributed by atoms with van der Waals surface area (Å²) in [7, 11) is -2.21. The molecule has 0 fully saturated rings. The molecular formula is C15H17OPS. The van der Waals surface area contributed by atoms with E-state index in [-0.39, 0.29) is 0 Å². The second-order valence-electron chi connectivity index (χ2n) is 4.15. The molecule has 0 aliphatic rings. The number of hydrogen-bond acceptors (Lipinski definition) is 2. The van der Waals surface area contributed by atoms with Gasteiger partial charge in [0.25, 0.3) is 0 Å². The fraction of sp³-hybridized carbons (Fsp3) is 0.200. The molecule has 0 unspecified atom stereocenters. The molecule has 1 aromatic heterocycles. The molecule has 0 aliphatic carbocycles. The maximum Gasteiger partial charge on any atom is 0.128 e.